The first-order valence-corrected chi connectivity index (χ1v) is 26.1. The number of carbonyl (C=O) groups excluding carboxylic acids is 3. The quantitative estimate of drug-likeness (QED) is 0.0263. The number of carbonyl (C=O) groups is 3. The van der Waals surface area contributed by atoms with Gasteiger partial charge in [0.25, 0.3) is 0 Å². The highest BCUT2D eigenvalue weighted by Crippen LogP contribution is 2.14. The average molecular weight is 855 g/mol. The van der Waals surface area contributed by atoms with Gasteiger partial charge in [-0.3, -0.25) is 14.4 Å². The van der Waals surface area contributed by atoms with Crippen LogP contribution in [0.3, 0.4) is 0 Å². The molecule has 6 heteroatoms. The van der Waals surface area contributed by atoms with E-state index in [9.17, 15) is 14.4 Å². The lowest BCUT2D eigenvalue weighted by Gasteiger charge is -2.18. The Morgan fingerprint density at radius 1 is 0.328 bits per heavy atom. The molecule has 0 spiro atoms. The lowest BCUT2D eigenvalue weighted by Crippen LogP contribution is -2.30. The van der Waals surface area contributed by atoms with Crippen LogP contribution in [0.25, 0.3) is 0 Å². The van der Waals surface area contributed by atoms with Crippen LogP contribution in [0.2, 0.25) is 0 Å². The van der Waals surface area contributed by atoms with Crippen LogP contribution in [0.15, 0.2) is 48.6 Å². The first-order valence-electron chi connectivity index (χ1n) is 26.1. The molecule has 0 aromatic heterocycles. The molecule has 0 amide bonds. The van der Waals surface area contributed by atoms with Crippen molar-refractivity contribution in [3.05, 3.63) is 48.6 Å². The second-order valence-electron chi connectivity index (χ2n) is 17.4. The van der Waals surface area contributed by atoms with Crippen LogP contribution in [0.5, 0.6) is 0 Å². The van der Waals surface area contributed by atoms with Crippen LogP contribution in [0.1, 0.15) is 265 Å². The van der Waals surface area contributed by atoms with E-state index < -0.39 is 6.10 Å². The SMILES string of the molecule is CCCCC/C=C\C/C=C\CCCCCCCCCC(=O)OC[C@@H](COC(=O)CCCCCCC/C=C\CCCCC)OC(=O)CCCCCCC/C=C\CCCCCCC. The number of unbranched alkanes of at least 4 members (excludes halogenated alkanes) is 28. The summed E-state index contributed by atoms with van der Waals surface area (Å²) in [5, 5.41) is 0. The first-order chi connectivity index (χ1) is 30.0. The molecule has 0 saturated heterocycles. The zero-order chi connectivity index (χ0) is 44.4. The van der Waals surface area contributed by atoms with Gasteiger partial charge in [0, 0.05) is 19.3 Å². The molecule has 0 fully saturated rings. The Morgan fingerprint density at radius 3 is 0.951 bits per heavy atom. The van der Waals surface area contributed by atoms with Gasteiger partial charge in [-0.2, -0.15) is 0 Å². The van der Waals surface area contributed by atoms with E-state index in [0.717, 1.165) is 89.9 Å². The third kappa shape index (κ3) is 48.3. The summed E-state index contributed by atoms with van der Waals surface area (Å²) in [6.07, 6.45) is 59.4. The molecule has 0 aromatic rings. The molecule has 0 N–H and O–H groups in total. The van der Waals surface area contributed by atoms with Crippen LogP contribution < -0.4 is 0 Å². The Hall–Kier alpha value is -2.63. The smallest absolute Gasteiger partial charge is 0.306 e. The molecule has 354 valence electrons. The molecule has 1 atom stereocenters. The monoisotopic (exact) mass is 855 g/mol. The van der Waals surface area contributed by atoms with E-state index in [1.807, 2.05) is 0 Å². The van der Waals surface area contributed by atoms with Crippen LogP contribution >= 0.6 is 0 Å². The summed E-state index contributed by atoms with van der Waals surface area (Å²) in [7, 11) is 0. The summed E-state index contributed by atoms with van der Waals surface area (Å²) in [6.45, 7) is 6.57. The fourth-order valence-electron chi connectivity index (χ4n) is 7.28. The molecular weight excluding hydrogens is 757 g/mol. The third-order valence-electron chi connectivity index (χ3n) is 11.3. The van der Waals surface area contributed by atoms with E-state index in [2.05, 4.69) is 69.4 Å². The normalized spacial score (nSPS) is 12.4. The van der Waals surface area contributed by atoms with Crippen molar-refractivity contribution < 1.29 is 28.6 Å². The van der Waals surface area contributed by atoms with Gasteiger partial charge < -0.3 is 14.2 Å². The van der Waals surface area contributed by atoms with Crippen molar-refractivity contribution in [1.82, 2.24) is 0 Å². The summed E-state index contributed by atoms with van der Waals surface area (Å²) in [5.74, 6) is -0.901. The van der Waals surface area contributed by atoms with Gasteiger partial charge in [0.05, 0.1) is 0 Å². The second-order valence-corrected chi connectivity index (χ2v) is 17.4. The Bertz CT molecular complexity index is 1070. The molecule has 0 rings (SSSR count). The standard InChI is InChI=1S/C55H98O6/c1-4-7-10-13-16-19-22-25-27-28-29-31-33-36-39-42-45-48-54(57)60-51-52(50-59-53(56)47-44-41-38-35-32-24-21-18-15-12-9-6-3)61-55(58)49-46-43-40-37-34-30-26-23-20-17-14-11-8-5-2/h16,18-19,21,23,25-27,52H,4-15,17,20,22,24,28-51H2,1-3H3/b19-16-,21-18-,26-23-,27-25-/t52-/m1/s1. The zero-order valence-corrected chi connectivity index (χ0v) is 40.4. The zero-order valence-electron chi connectivity index (χ0n) is 40.4. The summed E-state index contributed by atoms with van der Waals surface area (Å²) in [4.78, 5) is 38.0. The minimum atomic E-state index is -0.782. The van der Waals surface area contributed by atoms with Crippen LogP contribution in [-0.2, 0) is 28.6 Å². The predicted molar refractivity (Wildman–Crippen MR) is 261 cm³/mol. The number of ether oxygens (including phenoxy) is 3. The molecule has 0 heterocycles. The molecular formula is C55H98O6. The highest BCUT2D eigenvalue weighted by Gasteiger charge is 2.19. The number of hydrogen-bond acceptors (Lipinski definition) is 6. The van der Waals surface area contributed by atoms with Crippen molar-refractivity contribution in [2.24, 2.45) is 0 Å². The maximum Gasteiger partial charge on any atom is 0.306 e. The molecule has 0 aromatic carbocycles. The van der Waals surface area contributed by atoms with E-state index in [4.69, 9.17) is 14.2 Å². The largest absolute Gasteiger partial charge is 0.462 e. The van der Waals surface area contributed by atoms with Crippen molar-refractivity contribution in [3.63, 3.8) is 0 Å². The summed E-state index contributed by atoms with van der Waals surface area (Å²) >= 11 is 0. The van der Waals surface area contributed by atoms with Gasteiger partial charge in [-0.05, 0) is 103 Å². The minimum absolute atomic E-state index is 0.0825. The molecule has 0 unspecified atom stereocenters. The molecule has 6 nitrogen and oxygen atoms in total. The van der Waals surface area contributed by atoms with Crippen molar-refractivity contribution in [2.75, 3.05) is 13.2 Å². The van der Waals surface area contributed by atoms with Crippen LogP contribution in [0, 0.1) is 0 Å². The third-order valence-corrected chi connectivity index (χ3v) is 11.3. The van der Waals surface area contributed by atoms with E-state index in [0.29, 0.717) is 19.3 Å². The summed E-state index contributed by atoms with van der Waals surface area (Å²) in [5.41, 5.74) is 0. The van der Waals surface area contributed by atoms with Crippen molar-refractivity contribution in [2.45, 2.75) is 271 Å². The van der Waals surface area contributed by atoms with Crippen LogP contribution in [-0.4, -0.2) is 37.2 Å². The van der Waals surface area contributed by atoms with Gasteiger partial charge in [-0.1, -0.05) is 191 Å². The Labute approximate surface area is 378 Å². The van der Waals surface area contributed by atoms with Crippen molar-refractivity contribution >= 4 is 17.9 Å². The number of rotatable bonds is 47. The van der Waals surface area contributed by atoms with Gasteiger partial charge >= 0.3 is 17.9 Å². The van der Waals surface area contributed by atoms with Crippen LogP contribution in [0.4, 0.5) is 0 Å². The second kappa shape index (κ2) is 50.0. The maximum absolute atomic E-state index is 12.8. The Balaban J connectivity index is 4.38. The van der Waals surface area contributed by atoms with Crippen molar-refractivity contribution in [3.8, 4) is 0 Å². The number of esters is 3. The van der Waals surface area contributed by atoms with Crippen molar-refractivity contribution in [1.29, 1.82) is 0 Å². The van der Waals surface area contributed by atoms with E-state index in [1.165, 1.54) is 135 Å². The highest BCUT2D eigenvalue weighted by atomic mass is 16.6. The fourth-order valence-corrected chi connectivity index (χ4v) is 7.28. The lowest BCUT2D eigenvalue weighted by molar-refractivity contribution is -0.167. The molecule has 0 aliphatic rings. The summed E-state index contributed by atoms with van der Waals surface area (Å²) in [6, 6.07) is 0. The van der Waals surface area contributed by atoms with Gasteiger partial charge in [0.2, 0.25) is 0 Å². The molecule has 0 radical (unpaired) electrons. The van der Waals surface area contributed by atoms with Gasteiger partial charge in [0.15, 0.2) is 6.10 Å². The maximum atomic E-state index is 12.8. The summed E-state index contributed by atoms with van der Waals surface area (Å²) < 4.78 is 16.8. The van der Waals surface area contributed by atoms with Gasteiger partial charge in [-0.15, -0.1) is 0 Å². The minimum Gasteiger partial charge on any atom is -0.462 e. The molecule has 0 aliphatic carbocycles. The fraction of sp³-hybridized carbons (Fsp3) is 0.800. The Morgan fingerprint density at radius 2 is 0.590 bits per heavy atom. The number of hydrogen-bond donors (Lipinski definition) is 0. The van der Waals surface area contributed by atoms with E-state index in [-0.39, 0.29) is 31.1 Å². The van der Waals surface area contributed by atoms with E-state index >= 15 is 0 Å². The van der Waals surface area contributed by atoms with E-state index in [1.54, 1.807) is 0 Å². The number of allylic oxidation sites excluding steroid dienone is 8. The predicted octanol–water partition coefficient (Wildman–Crippen LogP) is 17.1. The molecule has 0 aliphatic heterocycles. The van der Waals surface area contributed by atoms with Gasteiger partial charge in [0.1, 0.15) is 13.2 Å². The lowest BCUT2D eigenvalue weighted by atomic mass is 10.1. The Kier molecular flexibility index (Phi) is 47.9. The molecule has 0 bridgehead atoms. The molecule has 0 saturated carbocycles. The highest BCUT2D eigenvalue weighted by molar-refractivity contribution is 5.71. The first kappa shape index (κ1) is 58.4. The van der Waals surface area contributed by atoms with Gasteiger partial charge in [-0.25, -0.2) is 0 Å². The average Bonchev–Trinajstić information content (AvgIpc) is 3.26. The topological polar surface area (TPSA) is 78.9 Å². The molecule has 61 heavy (non-hydrogen) atoms.